The van der Waals surface area contributed by atoms with E-state index in [2.05, 4.69) is 35.4 Å². The van der Waals surface area contributed by atoms with Gasteiger partial charge in [-0.3, -0.25) is 9.69 Å². The van der Waals surface area contributed by atoms with Crippen LogP contribution >= 0.6 is 22.9 Å². The Morgan fingerprint density at radius 1 is 1.21 bits per heavy atom. The number of aryl methyl sites for hydroxylation is 2. The number of para-hydroxylation sites is 1. The summed E-state index contributed by atoms with van der Waals surface area (Å²) in [5, 5.41) is 16.2. The highest BCUT2D eigenvalue weighted by atomic mass is 35.5. The molecule has 3 N–H and O–H groups in total. The molecule has 0 saturated carbocycles. The molecule has 0 aliphatic carbocycles. The van der Waals surface area contributed by atoms with Crippen molar-refractivity contribution >= 4 is 51.3 Å². The molecule has 2 aromatic heterocycles. The van der Waals surface area contributed by atoms with Crippen molar-refractivity contribution in [3.05, 3.63) is 51.7 Å². The summed E-state index contributed by atoms with van der Waals surface area (Å²) in [6.45, 7) is 8.48. The van der Waals surface area contributed by atoms with Gasteiger partial charge in [0, 0.05) is 45.4 Å². The van der Waals surface area contributed by atoms with Gasteiger partial charge in [0.25, 0.3) is 5.91 Å². The lowest BCUT2D eigenvalue weighted by Gasteiger charge is -2.35. The fourth-order valence-corrected chi connectivity index (χ4v) is 4.77. The number of nitrogens with one attached hydrogen (secondary N) is 2. The van der Waals surface area contributed by atoms with Gasteiger partial charge in [-0.1, -0.05) is 35.1 Å². The first kappa shape index (κ1) is 24.3. The Labute approximate surface area is 207 Å². The van der Waals surface area contributed by atoms with Crippen LogP contribution in [0.4, 0.5) is 22.5 Å². The van der Waals surface area contributed by atoms with Gasteiger partial charge in [-0.05, 0) is 31.9 Å². The van der Waals surface area contributed by atoms with Crippen LogP contribution in [0.5, 0.6) is 0 Å². The molecule has 1 fully saturated rings. The zero-order valence-corrected chi connectivity index (χ0v) is 20.8. The fraction of sp³-hybridized carbons (Fsp3) is 0.391. The maximum absolute atomic E-state index is 12.7. The molecule has 0 atom stereocenters. The number of anilines is 4. The highest BCUT2D eigenvalue weighted by molar-refractivity contribution is 7.17. The summed E-state index contributed by atoms with van der Waals surface area (Å²) in [6.07, 6.45) is 2.33. The van der Waals surface area contributed by atoms with Gasteiger partial charge in [0.15, 0.2) is 5.13 Å². The van der Waals surface area contributed by atoms with E-state index in [1.807, 2.05) is 32.0 Å². The maximum Gasteiger partial charge on any atom is 0.267 e. The van der Waals surface area contributed by atoms with Crippen molar-refractivity contribution < 1.29 is 9.90 Å². The number of halogens is 1. The first-order valence-corrected chi connectivity index (χ1v) is 12.4. The number of carbonyl (C=O) groups is 1. The van der Waals surface area contributed by atoms with Crippen molar-refractivity contribution in [1.82, 2.24) is 19.9 Å². The number of carbonyl (C=O) groups excluding carboxylic acids is 1. The number of hydrogen-bond donors (Lipinski definition) is 3. The van der Waals surface area contributed by atoms with Crippen LogP contribution in [0.15, 0.2) is 30.5 Å². The third-order valence-corrected chi connectivity index (χ3v) is 6.80. The average molecular weight is 502 g/mol. The Hall–Kier alpha value is -2.79. The monoisotopic (exact) mass is 501 g/mol. The molecule has 11 heteroatoms. The topological polar surface area (TPSA) is 107 Å². The number of thiazole rings is 1. The molecule has 3 heterocycles. The largest absolute Gasteiger partial charge is 0.396 e. The van der Waals surface area contributed by atoms with Crippen molar-refractivity contribution in [2.45, 2.75) is 20.3 Å². The molecule has 1 aliphatic rings. The van der Waals surface area contributed by atoms with Gasteiger partial charge in [0.1, 0.15) is 22.3 Å². The Kier molecular flexibility index (Phi) is 7.94. The van der Waals surface area contributed by atoms with Crippen molar-refractivity contribution in [3.8, 4) is 0 Å². The number of rotatable bonds is 8. The molecule has 34 heavy (non-hydrogen) atoms. The van der Waals surface area contributed by atoms with E-state index in [1.54, 1.807) is 6.07 Å². The predicted molar refractivity (Wildman–Crippen MR) is 137 cm³/mol. The maximum atomic E-state index is 12.7. The Morgan fingerprint density at radius 3 is 2.74 bits per heavy atom. The highest BCUT2D eigenvalue weighted by Gasteiger charge is 2.19. The van der Waals surface area contributed by atoms with Crippen LogP contribution in [0.2, 0.25) is 5.02 Å². The van der Waals surface area contributed by atoms with E-state index < -0.39 is 0 Å². The number of benzene rings is 1. The molecule has 1 saturated heterocycles. The standard InChI is InChI=1S/C23H28ClN7O2S/c1-15-5-3-6-17(24)21(15)29-22(33)18-14-25-23(34-18)28-19-13-20(27-16(2)26-19)31-10-8-30(9-11-31)7-4-12-32/h3,5-6,13-14,32H,4,7-12H2,1-2H3,(H,29,33)(H,25,26,27,28). The van der Waals surface area contributed by atoms with Crippen LogP contribution < -0.4 is 15.5 Å². The second-order valence-electron chi connectivity index (χ2n) is 8.10. The zero-order chi connectivity index (χ0) is 24.1. The average Bonchev–Trinajstić information content (AvgIpc) is 3.28. The van der Waals surface area contributed by atoms with E-state index in [9.17, 15) is 4.79 Å². The molecule has 1 amide bonds. The van der Waals surface area contributed by atoms with Gasteiger partial charge in [-0.25, -0.2) is 15.0 Å². The summed E-state index contributed by atoms with van der Waals surface area (Å²) >= 11 is 7.47. The molecular weight excluding hydrogens is 474 g/mol. The highest BCUT2D eigenvalue weighted by Crippen LogP contribution is 2.28. The van der Waals surface area contributed by atoms with Gasteiger partial charge in [-0.2, -0.15) is 0 Å². The van der Waals surface area contributed by atoms with Crippen molar-refractivity contribution in [1.29, 1.82) is 0 Å². The first-order chi connectivity index (χ1) is 16.4. The van der Waals surface area contributed by atoms with E-state index in [1.165, 1.54) is 17.5 Å². The molecule has 9 nitrogen and oxygen atoms in total. The lowest BCUT2D eigenvalue weighted by molar-refractivity contribution is 0.103. The summed E-state index contributed by atoms with van der Waals surface area (Å²) in [5.41, 5.74) is 1.49. The normalized spacial score (nSPS) is 14.3. The predicted octanol–water partition coefficient (Wildman–Crippen LogP) is 3.70. The quantitative estimate of drug-likeness (QED) is 0.429. The van der Waals surface area contributed by atoms with Gasteiger partial charge in [0.2, 0.25) is 0 Å². The van der Waals surface area contributed by atoms with Crippen LogP contribution in [0.1, 0.15) is 27.5 Å². The van der Waals surface area contributed by atoms with E-state index >= 15 is 0 Å². The second kappa shape index (κ2) is 11.1. The summed E-state index contributed by atoms with van der Waals surface area (Å²) in [6, 6.07) is 7.39. The van der Waals surface area contributed by atoms with Gasteiger partial charge < -0.3 is 20.6 Å². The smallest absolute Gasteiger partial charge is 0.267 e. The van der Waals surface area contributed by atoms with Crippen molar-refractivity contribution in [3.63, 3.8) is 0 Å². The Morgan fingerprint density at radius 2 is 2.00 bits per heavy atom. The van der Waals surface area contributed by atoms with E-state index in [0.717, 1.165) is 50.5 Å². The minimum absolute atomic E-state index is 0.222. The summed E-state index contributed by atoms with van der Waals surface area (Å²) in [7, 11) is 0. The van der Waals surface area contributed by atoms with E-state index in [0.29, 0.717) is 32.4 Å². The fourth-order valence-electron chi connectivity index (χ4n) is 3.78. The number of aromatic nitrogens is 3. The van der Waals surface area contributed by atoms with Crippen LogP contribution in [0.25, 0.3) is 0 Å². The number of amides is 1. The minimum atomic E-state index is -0.264. The van der Waals surface area contributed by atoms with Crippen LogP contribution in [0.3, 0.4) is 0 Å². The van der Waals surface area contributed by atoms with Crippen molar-refractivity contribution in [2.75, 3.05) is 54.9 Å². The van der Waals surface area contributed by atoms with Gasteiger partial charge in [0.05, 0.1) is 16.9 Å². The molecule has 0 spiro atoms. The summed E-state index contributed by atoms with van der Waals surface area (Å²) < 4.78 is 0. The number of hydrogen-bond acceptors (Lipinski definition) is 9. The van der Waals surface area contributed by atoms with Gasteiger partial charge in [-0.15, -0.1) is 0 Å². The molecule has 4 rings (SSSR count). The minimum Gasteiger partial charge on any atom is -0.396 e. The number of aliphatic hydroxyl groups is 1. The number of aliphatic hydroxyl groups excluding tert-OH is 1. The van der Waals surface area contributed by atoms with Crippen LogP contribution in [0, 0.1) is 13.8 Å². The molecule has 0 radical (unpaired) electrons. The Bertz CT molecular complexity index is 1130. The number of piperazine rings is 1. The third kappa shape index (κ3) is 6.01. The summed E-state index contributed by atoms with van der Waals surface area (Å²) in [5.74, 6) is 1.89. The molecule has 1 aromatic carbocycles. The molecule has 0 unspecified atom stereocenters. The zero-order valence-electron chi connectivity index (χ0n) is 19.2. The van der Waals surface area contributed by atoms with Crippen LogP contribution in [-0.4, -0.2) is 70.2 Å². The Balaban J connectivity index is 1.41. The van der Waals surface area contributed by atoms with Crippen LogP contribution in [-0.2, 0) is 0 Å². The lowest BCUT2D eigenvalue weighted by atomic mass is 10.2. The van der Waals surface area contributed by atoms with E-state index in [-0.39, 0.29) is 12.5 Å². The molecule has 180 valence electrons. The molecule has 3 aromatic rings. The molecular formula is C23H28ClN7O2S. The second-order valence-corrected chi connectivity index (χ2v) is 9.54. The molecule has 0 bridgehead atoms. The van der Waals surface area contributed by atoms with Crippen molar-refractivity contribution in [2.24, 2.45) is 0 Å². The molecule has 1 aliphatic heterocycles. The number of nitrogens with zero attached hydrogens (tertiary/aromatic N) is 5. The third-order valence-electron chi connectivity index (χ3n) is 5.58. The first-order valence-electron chi connectivity index (χ1n) is 11.2. The van der Waals surface area contributed by atoms with E-state index in [4.69, 9.17) is 16.7 Å². The lowest BCUT2D eigenvalue weighted by Crippen LogP contribution is -2.47. The summed E-state index contributed by atoms with van der Waals surface area (Å²) in [4.78, 5) is 31.2. The SMILES string of the molecule is Cc1nc(Nc2ncc(C(=O)Nc3c(C)cccc3Cl)s2)cc(N2CCN(CCCO)CC2)n1. The van der Waals surface area contributed by atoms with Gasteiger partial charge >= 0.3 is 0 Å².